The van der Waals surface area contributed by atoms with E-state index in [9.17, 15) is 0 Å². The van der Waals surface area contributed by atoms with Gasteiger partial charge in [-0.05, 0) is 53.5 Å². The molecule has 1 heterocycles. The van der Waals surface area contributed by atoms with Crippen molar-refractivity contribution in [1.82, 2.24) is 0 Å². The van der Waals surface area contributed by atoms with Crippen LogP contribution in [0.1, 0.15) is 28.6 Å². The summed E-state index contributed by atoms with van der Waals surface area (Å²) in [4.78, 5) is 0.128. The second-order valence-electron chi connectivity index (χ2n) is 3.92. The van der Waals surface area contributed by atoms with Gasteiger partial charge in [-0.1, -0.05) is 22.0 Å². The highest BCUT2D eigenvalue weighted by Crippen LogP contribution is 2.36. The van der Waals surface area contributed by atoms with Crippen molar-refractivity contribution in [3.63, 3.8) is 0 Å². The van der Waals surface area contributed by atoms with Crippen molar-refractivity contribution in [2.75, 3.05) is 6.61 Å². The third-order valence-corrected chi connectivity index (χ3v) is 4.36. The van der Waals surface area contributed by atoms with Gasteiger partial charge in [0, 0.05) is 5.56 Å². The zero-order valence-corrected chi connectivity index (χ0v) is 13.4. The SMILES string of the molecule is CCOc1ccc(C(Br)c2ccoc2C)cc1Br. The topological polar surface area (TPSA) is 22.4 Å². The molecule has 2 nitrogen and oxygen atoms in total. The molecule has 96 valence electrons. The van der Waals surface area contributed by atoms with Gasteiger partial charge >= 0.3 is 0 Å². The van der Waals surface area contributed by atoms with Gasteiger partial charge < -0.3 is 9.15 Å². The monoisotopic (exact) mass is 372 g/mol. The van der Waals surface area contributed by atoms with Crippen LogP contribution < -0.4 is 4.74 Å². The van der Waals surface area contributed by atoms with Crippen LogP contribution in [0.5, 0.6) is 5.75 Å². The maximum absolute atomic E-state index is 5.51. The van der Waals surface area contributed by atoms with Crippen LogP contribution in [0.3, 0.4) is 0 Å². The van der Waals surface area contributed by atoms with E-state index in [1.165, 1.54) is 0 Å². The lowest BCUT2D eigenvalue weighted by Crippen LogP contribution is -1.96. The molecule has 1 unspecified atom stereocenters. The summed E-state index contributed by atoms with van der Waals surface area (Å²) < 4.78 is 11.8. The molecule has 0 aliphatic rings. The van der Waals surface area contributed by atoms with Crippen molar-refractivity contribution in [3.05, 3.63) is 51.9 Å². The molecule has 0 N–H and O–H groups in total. The van der Waals surface area contributed by atoms with E-state index in [1.807, 2.05) is 26.0 Å². The Labute approximate surface area is 124 Å². The lowest BCUT2D eigenvalue weighted by atomic mass is 10.1. The van der Waals surface area contributed by atoms with Crippen LogP contribution in [-0.4, -0.2) is 6.61 Å². The number of hydrogen-bond acceptors (Lipinski definition) is 2. The fourth-order valence-electron chi connectivity index (χ4n) is 1.78. The van der Waals surface area contributed by atoms with Crippen LogP contribution in [-0.2, 0) is 0 Å². The first kappa shape index (κ1) is 13.7. The van der Waals surface area contributed by atoms with Crippen LogP contribution >= 0.6 is 31.9 Å². The van der Waals surface area contributed by atoms with Gasteiger partial charge in [-0.2, -0.15) is 0 Å². The first-order valence-electron chi connectivity index (χ1n) is 5.73. The first-order valence-corrected chi connectivity index (χ1v) is 7.44. The molecule has 2 rings (SSSR count). The highest BCUT2D eigenvalue weighted by molar-refractivity contribution is 9.10. The molecule has 0 aliphatic heterocycles. The van der Waals surface area contributed by atoms with Crippen LogP contribution in [0.2, 0.25) is 0 Å². The number of ether oxygens (including phenoxy) is 1. The molecule has 0 spiro atoms. The Kier molecular flexibility index (Phi) is 4.51. The molecule has 0 amide bonds. The number of benzene rings is 1. The smallest absolute Gasteiger partial charge is 0.133 e. The minimum absolute atomic E-state index is 0.128. The lowest BCUT2D eigenvalue weighted by Gasteiger charge is -2.12. The molecule has 4 heteroatoms. The zero-order valence-electron chi connectivity index (χ0n) is 10.2. The van der Waals surface area contributed by atoms with Crippen molar-refractivity contribution in [2.24, 2.45) is 0 Å². The summed E-state index contributed by atoms with van der Waals surface area (Å²) in [5.41, 5.74) is 2.31. The van der Waals surface area contributed by atoms with Crippen molar-refractivity contribution in [3.8, 4) is 5.75 Å². The molecule has 18 heavy (non-hydrogen) atoms. The van der Waals surface area contributed by atoms with E-state index in [1.54, 1.807) is 6.26 Å². The van der Waals surface area contributed by atoms with Gasteiger partial charge in [-0.25, -0.2) is 0 Å². The molecule has 0 bridgehead atoms. The molecule has 1 aromatic carbocycles. The van der Waals surface area contributed by atoms with Gasteiger partial charge in [0.15, 0.2) is 0 Å². The standard InChI is InChI=1S/C14H14Br2O2/c1-3-17-13-5-4-10(8-12(13)15)14(16)11-6-7-18-9(11)2/h4-8,14H,3H2,1-2H3. The molecule has 1 aromatic heterocycles. The van der Waals surface area contributed by atoms with E-state index >= 15 is 0 Å². The van der Waals surface area contributed by atoms with Gasteiger partial charge in [-0.3, -0.25) is 0 Å². The molecule has 0 radical (unpaired) electrons. The van der Waals surface area contributed by atoms with E-state index in [0.29, 0.717) is 6.61 Å². The molecule has 0 saturated heterocycles. The molecular weight excluding hydrogens is 360 g/mol. The zero-order chi connectivity index (χ0) is 13.1. The summed E-state index contributed by atoms with van der Waals surface area (Å²) in [6.45, 7) is 4.60. The second-order valence-corrected chi connectivity index (χ2v) is 5.69. The number of aryl methyl sites for hydroxylation is 1. The van der Waals surface area contributed by atoms with E-state index in [0.717, 1.165) is 27.1 Å². The summed E-state index contributed by atoms with van der Waals surface area (Å²) >= 11 is 7.23. The summed E-state index contributed by atoms with van der Waals surface area (Å²) in [6.07, 6.45) is 1.71. The Balaban J connectivity index is 2.29. The van der Waals surface area contributed by atoms with Crippen molar-refractivity contribution >= 4 is 31.9 Å². The first-order chi connectivity index (χ1) is 8.63. The minimum Gasteiger partial charge on any atom is -0.493 e. The maximum Gasteiger partial charge on any atom is 0.133 e. The number of alkyl halides is 1. The quantitative estimate of drug-likeness (QED) is 0.684. The second kappa shape index (κ2) is 5.93. The Morgan fingerprint density at radius 3 is 2.67 bits per heavy atom. The molecule has 0 aliphatic carbocycles. The maximum atomic E-state index is 5.51. The predicted molar refractivity (Wildman–Crippen MR) is 79.5 cm³/mol. The minimum atomic E-state index is 0.128. The van der Waals surface area contributed by atoms with Crippen LogP contribution in [0.25, 0.3) is 0 Å². The van der Waals surface area contributed by atoms with Crippen molar-refractivity contribution < 1.29 is 9.15 Å². The predicted octanol–water partition coefficient (Wildman–Crippen LogP) is 5.23. The normalized spacial score (nSPS) is 12.4. The van der Waals surface area contributed by atoms with E-state index < -0.39 is 0 Å². The summed E-state index contributed by atoms with van der Waals surface area (Å²) in [6, 6.07) is 8.09. The molecule has 0 fully saturated rings. The van der Waals surface area contributed by atoms with E-state index in [2.05, 4.69) is 44.0 Å². The van der Waals surface area contributed by atoms with E-state index in [-0.39, 0.29) is 4.83 Å². The van der Waals surface area contributed by atoms with Crippen molar-refractivity contribution in [2.45, 2.75) is 18.7 Å². The van der Waals surface area contributed by atoms with Crippen LogP contribution in [0.4, 0.5) is 0 Å². The third-order valence-electron chi connectivity index (χ3n) is 2.72. The molecule has 2 aromatic rings. The molecular formula is C14H14Br2O2. The Hall–Kier alpha value is -0.740. The van der Waals surface area contributed by atoms with Gasteiger partial charge in [0.1, 0.15) is 11.5 Å². The fourth-order valence-corrected chi connectivity index (χ4v) is 3.06. The average Bonchev–Trinajstić information content (AvgIpc) is 2.77. The highest BCUT2D eigenvalue weighted by Gasteiger charge is 2.16. The highest BCUT2D eigenvalue weighted by atomic mass is 79.9. The Morgan fingerprint density at radius 1 is 1.33 bits per heavy atom. The number of furan rings is 1. The molecule has 0 saturated carbocycles. The number of halogens is 2. The van der Waals surface area contributed by atoms with Crippen molar-refractivity contribution in [1.29, 1.82) is 0 Å². The largest absolute Gasteiger partial charge is 0.493 e. The number of rotatable bonds is 4. The average molecular weight is 374 g/mol. The van der Waals surface area contributed by atoms with Gasteiger partial charge in [0.2, 0.25) is 0 Å². The summed E-state index contributed by atoms with van der Waals surface area (Å²) in [5, 5.41) is 0. The fraction of sp³-hybridized carbons (Fsp3) is 0.286. The van der Waals surface area contributed by atoms with Gasteiger partial charge in [0.05, 0.1) is 22.2 Å². The summed E-state index contributed by atoms with van der Waals surface area (Å²) in [5.74, 6) is 1.80. The Bertz CT molecular complexity index is 534. The van der Waals surface area contributed by atoms with Crippen LogP contribution in [0.15, 0.2) is 39.4 Å². The van der Waals surface area contributed by atoms with E-state index in [4.69, 9.17) is 9.15 Å². The van der Waals surface area contributed by atoms with Gasteiger partial charge in [0.25, 0.3) is 0 Å². The third kappa shape index (κ3) is 2.81. The summed E-state index contributed by atoms with van der Waals surface area (Å²) in [7, 11) is 0. The van der Waals surface area contributed by atoms with Gasteiger partial charge in [-0.15, -0.1) is 0 Å². The number of hydrogen-bond donors (Lipinski definition) is 0. The van der Waals surface area contributed by atoms with Crippen LogP contribution in [0, 0.1) is 6.92 Å². The molecule has 1 atom stereocenters. The Morgan fingerprint density at radius 2 is 2.11 bits per heavy atom. The lowest BCUT2D eigenvalue weighted by molar-refractivity contribution is 0.338.